The maximum atomic E-state index is 11.6. The number of aryl methyl sites for hydroxylation is 2. The molecule has 0 fully saturated rings. The van der Waals surface area contributed by atoms with E-state index in [0.717, 1.165) is 16.8 Å². The highest BCUT2D eigenvalue weighted by Gasteiger charge is 2.04. The van der Waals surface area contributed by atoms with E-state index in [4.69, 9.17) is 12.2 Å². The van der Waals surface area contributed by atoms with Gasteiger partial charge >= 0.3 is 0 Å². The molecule has 0 aliphatic rings. The Hall–Kier alpha value is -2.21. The number of hydrogen-bond donors (Lipinski definition) is 3. The number of aromatic amines is 2. The predicted octanol–water partition coefficient (Wildman–Crippen LogP) is 2.51. The smallest absolute Gasteiger partial charge is 0.264 e. The summed E-state index contributed by atoms with van der Waals surface area (Å²) in [7, 11) is 0. The maximum Gasteiger partial charge on any atom is 0.264 e. The van der Waals surface area contributed by atoms with Crippen molar-refractivity contribution in [2.24, 2.45) is 4.99 Å². The molecule has 19 heavy (non-hydrogen) atoms. The van der Waals surface area contributed by atoms with Crippen molar-refractivity contribution >= 4 is 24.1 Å². The van der Waals surface area contributed by atoms with Crippen molar-refractivity contribution in [3.63, 3.8) is 0 Å². The van der Waals surface area contributed by atoms with E-state index >= 15 is 0 Å². The molecule has 1 aromatic carbocycles. The van der Waals surface area contributed by atoms with Crippen LogP contribution in [0.25, 0.3) is 0 Å². The van der Waals surface area contributed by atoms with Crippen LogP contribution < -0.4 is 5.56 Å². The van der Waals surface area contributed by atoms with E-state index in [0.29, 0.717) is 0 Å². The number of H-pyrrole nitrogens is 2. The molecule has 0 bridgehead atoms. The van der Waals surface area contributed by atoms with Gasteiger partial charge in [0.1, 0.15) is 5.56 Å². The van der Waals surface area contributed by atoms with Gasteiger partial charge in [-0.15, -0.1) is 0 Å². The number of aliphatic imine (C=N–C) groups is 1. The average Bonchev–Trinajstić information content (AvgIpc) is 2.32. The summed E-state index contributed by atoms with van der Waals surface area (Å²) < 4.78 is 0.0754. The van der Waals surface area contributed by atoms with Crippen LogP contribution in [0.15, 0.2) is 28.0 Å². The molecule has 0 amide bonds. The minimum Gasteiger partial charge on any atom is -0.494 e. The van der Waals surface area contributed by atoms with E-state index in [2.05, 4.69) is 15.0 Å². The van der Waals surface area contributed by atoms with Crippen molar-refractivity contribution in [2.45, 2.75) is 13.8 Å². The summed E-state index contributed by atoms with van der Waals surface area (Å²) >= 11 is 4.75. The lowest BCUT2D eigenvalue weighted by atomic mass is 10.1. The summed E-state index contributed by atoms with van der Waals surface area (Å²) in [5, 5.41) is 9.64. The lowest BCUT2D eigenvalue weighted by Crippen LogP contribution is -2.13. The average molecular weight is 275 g/mol. The Bertz CT molecular complexity index is 759. The Morgan fingerprint density at radius 3 is 2.74 bits per heavy atom. The van der Waals surface area contributed by atoms with Gasteiger partial charge in [-0.2, -0.15) is 0 Å². The molecule has 0 spiro atoms. The van der Waals surface area contributed by atoms with Gasteiger partial charge in [0, 0.05) is 6.21 Å². The molecule has 1 aromatic heterocycles. The van der Waals surface area contributed by atoms with Crippen molar-refractivity contribution < 1.29 is 5.11 Å². The first kappa shape index (κ1) is 13.2. The van der Waals surface area contributed by atoms with Gasteiger partial charge in [-0.1, -0.05) is 12.1 Å². The monoisotopic (exact) mass is 275 g/mol. The summed E-state index contributed by atoms with van der Waals surface area (Å²) in [6.45, 7) is 3.89. The van der Waals surface area contributed by atoms with E-state index in [9.17, 15) is 9.90 Å². The van der Waals surface area contributed by atoms with Gasteiger partial charge in [-0.25, -0.2) is 0 Å². The molecule has 0 radical (unpaired) electrons. The lowest BCUT2D eigenvalue weighted by Gasteiger charge is -2.01. The Morgan fingerprint density at radius 2 is 2.05 bits per heavy atom. The molecule has 0 atom stereocenters. The second kappa shape index (κ2) is 5.19. The van der Waals surface area contributed by atoms with Gasteiger partial charge in [-0.05, 0) is 43.3 Å². The molecule has 2 rings (SSSR count). The summed E-state index contributed by atoms with van der Waals surface area (Å²) in [5.41, 5.74) is 2.39. The van der Waals surface area contributed by atoms with E-state index in [1.165, 1.54) is 6.21 Å². The molecule has 5 nitrogen and oxygen atoms in total. The fourth-order valence-electron chi connectivity index (χ4n) is 1.60. The Morgan fingerprint density at radius 1 is 1.32 bits per heavy atom. The molecule has 0 aliphatic carbocycles. The fraction of sp³-hybridized carbons (Fsp3) is 0.154. The highest BCUT2D eigenvalue weighted by molar-refractivity contribution is 7.71. The topological polar surface area (TPSA) is 81.2 Å². The van der Waals surface area contributed by atoms with Crippen molar-refractivity contribution in [3.05, 3.63) is 50.0 Å². The Balaban J connectivity index is 2.46. The van der Waals surface area contributed by atoms with Crippen LogP contribution in [0.3, 0.4) is 0 Å². The van der Waals surface area contributed by atoms with Crippen molar-refractivity contribution in [1.29, 1.82) is 0 Å². The van der Waals surface area contributed by atoms with Crippen LogP contribution in [0.4, 0.5) is 5.69 Å². The molecule has 1 heterocycles. The van der Waals surface area contributed by atoms with Crippen molar-refractivity contribution in [2.75, 3.05) is 0 Å². The van der Waals surface area contributed by atoms with Crippen LogP contribution >= 0.6 is 12.2 Å². The standard InChI is InChI=1S/C13H13N3O2S/c1-7-3-4-8(2)10(5-7)14-6-9-11(17)15-13(19)16-12(9)18/h3-6H,1-2H3,(H3,15,16,17,18,19). The number of hydrogen-bond acceptors (Lipinski definition) is 4. The zero-order valence-corrected chi connectivity index (χ0v) is 11.3. The minimum atomic E-state index is -0.477. The summed E-state index contributed by atoms with van der Waals surface area (Å²) in [6, 6.07) is 5.84. The lowest BCUT2D eigenvalue weighted by molar-refractivity contribution is 0.449. The highest BCUT2D eigenvalue weighted by atomic mass is 32.1. The third kappa shape index (κ3) is 2.97. The first-order chi connectivity index (χ1) is 8.97. The number of aromatic hydroxyl groups is 1. The van der Waals surface area contributed by atoms with Crippen LogP contribution in [0.1, 0.15) is 16.7 Å². The van der Waals surface area contributed by atoms with Crippen LogP contribution in [-0.2, 0) is 0 Å². The van der Waals surface area contributed by atoms with Crippen LogP contribution in [0.2, 0.25) is 0 Å². The molecule has 0 saturated heterocycles. The first-order valence-electron chi connectivity index (χ1n) is 5.64. The number of rotatable bonds is 2. The number of nitrogens with zero attached hydrogens (tertiary/aromatic N) is 1. The maximum absolute atomic E-state index is 11.6. The van der Waals surface area contributed by atoms with Gasteiger partial charge in [-0.3, -0.25) is 14.8 Å². The first-order valence-corrected chi connectivity index (χ1v) is 6.05. The van der Waals surface area contributed by atoms with E-state index in [-0.39, 0.29) is 16.2 Å². The molecule has 3 N–H and O–H groups in total. The summed E-state index contributed by atoms with van der Waals surface area (Å²) in [5.74, 6) is -0.289. The molecule has 6 heteroatoms. The fourth-order valence-corrected chi connectivity index (χ4v) is 1.79. The summed E-state index contributed by atoms with van der Waals surface area (Å²) in [6.07, 6.45) is 1.32. The SMILES string of the molecule is Cc1ccc(C)c(N=Cc2c(O)[nH]c(=S)[nH]c2=O)c1. The van der Waals surface area contributed by atoms with Gasteiger partial charge in [0.15, 0.2) is 4.77 Å². The van der Waals surface area contributed by atoms with Crippen molar-refractivity contribution in [1.82, 2.24) is 9.97 Å². The number of benzene rings is 1. The predicted molar refractivity (Wildman–Crippen MR) is 77.1 cm³/mol. The molecule has 0 saturated carbocycles. The molecular formula is C13H13N3O2S. The van der Waals surface area contributed by atoms with Gasteiger partial charge < -0.3 is 10.1 Å². The van der Waals surface area contributed by atoms with Crippen LogP contribution in [0, 0.1) is 18.6 Å². The molecule has 98 valence electrons. The molecule has 0 unspecified atom stereocenters. The third-order valence-corrected chi connectivity index (χ3v) is 2.86. The molecular weight excluding hydrogens is 262 g/mol. The van der Waals surface area contributed by atoms with E-state index < -0.39 is 5.56 Å². The highest BCUT2D eigenvalue weighted by Crippen LogP contribution is 2.19. The second-order valence-electron chi connectivity index (χ2n) is 4.22. The van der Waals surface area contributed by atoms with Crippen LogP contribution in [-0.4, -0.2) is 21.3 Å². The number of nitrogens with one attached hydrogen (secondary N) is 2. The zero-order chi connectivity index (χ0) is 14.0. The van der Waals surface area contributed by atoms with Gasteiger partial charge in [0.05, 0.1) is 5.69 Å². The molecule has 0 aliphatic heterocycles. The van der Waals surface area contributed by atoms with Crippen LogP contribution in [0.5, 0.6) is 5.88 Å². The van der Waals surface area contributed by atoms with Crippen molar-refractivity contribution in [3.8, 4) is 5.88 Å². The van der Waals surface area contributed by atoms with E-state index in [1.807, 2.05) is 32.0 Å². The third-order valence-electron chi connectivity index (χ3n) is 2.66. The summed E-state index contributed by atoms with van der Waals surface area (Å²) in [4.78, 5) is 20.7. The largest absolute Gasteiger partial charge is 0.494 e. The minimum absolute atomic E-state index is 0.0505. The zero-order valence-electron chi connectivity index (χ0n) is 10.5. The molecule has 2 aromatic rings. The van der Waals surface area contributed by atoms with E-state index in [1.54, 1.807) is 0 Å². The number of aromatic nitrogens is 2. The normalized spacial score (nSPS) is 11.1. The van der Waals surface area contributed by atoms with Gasteiger partial charge in [0.2, 0.25) is 5.88 Å². The second-order valence-corrected chi connectivity index (χ2v) is 4.63. The Kier molecular flexibility index (Phi) is 3.62. The van der Waals surface area contributed by atoms with Gasteiger partial charge in [0.25, 0.3) is 5.56 Å². The Labute approximate surface area is 114 Å². The quantitative estimate of drug-likeness (QED) is 0.582.